The number of amides is 7. The lowest BCUT2D eigenvalue weighted by molar-refractivity contribution is -0.149. The van der Waals surface area contributed by atoms with Gasteiger partial charge < -0.3 is 57.7 Å². The predicted octanol–water partition coefficient (Wildman–Crippen LogP) is 1.20. The van der Waals surface area contributed by atoms with Crippen molar-refractivity contribution in [2.75, 3.05) is 98.7 Å². The predicted molar refractivity (Wildman–Crippen MR) is 252 cm³/mol. The number of rotatable bonds is 32. The fourth-order valence-corrected chi connectivity index (χ4v) is 7.23. The molecule has 0 aromatic heterocycles. The largest absolute Gasteiger partial charge is 0.358 e. The number of likely N-dealkylation sites (N-methyl/N-ethyl adjacent to an activating group) is 1. The van der Waals surface area contributed by atoms with Gasteiger partial charge in [0, 0.05) is 40.2 Å². The number of nitrogens with two attached hydrogens (primary N) is 4. The van der Waals surface area contributed by atoms with Crippen molar-refractivity contribution < 1.29 is 33.6 Å². The normalized spacial score (nSPS) is 11.8. The molecule has 0 saturated heterocycles. The highest BCUT2D eigenvalue weighted by molar-refractivity contribution is 5.93. The van der Waals surface area contributed by atoms with Crippen molar-refractivity contribution in [3.63, 3.8) is 0 Å². The summed E-state index contributed by atoms with van der Waals surface area (Å²) in [5, 5.41) is 2.58. The maximum Gasteiger partial charge on any atom is 0.243 e. The zero-order valence-corrected chi connectivity index (χ0v) is 39.3. The third kappa shape index (κ3) is 20.1. The van der Waals surface area contributed by atoms with Gasteiger partial charge in [-0.1, -0.05) is 60.7 Å². The lowest BCUT2D eigenvalue weighted by atomic mass is 10.1. The molecule has 9 N–H and O–H groups in total. The number of hydrogen-bond donors (Lipinski definition) is 5. The van der Waals surface area contributed by atoms with Gasteiger partial charge in [-0.2, -0.15) is 0 Å². The Kier molecular flexibility index (Phi) is 26.9. The maximum atomic E-state index is 14.7. The van der Waals surface area contributed by atoms with Gasteiger partial charge in [0.25, 0.3) is 0 Å². The molecule has 0 unspecified atom stereocenters. The first-order valence-electron chi connectivity index (χ1n) is 23.0. The highest BCUT2D eigenvalue weighted by Gasteiger charge is 2.32. The molecule has 18 nitrogen and oxygen atoms in total. The summed E-state index contributed by atoms with van der Waals surface area (Å²) in [6.45, 7) is 5.49. The molecular formula is C47H77N11O7. The number of carbonyl (C=O) groups excluding carboxylic acids is 7. The molecule has 0 radical (unpaired) electrons. The Balaban J connectivity index is 2.51. The Hall–Kier alpha value is -5.43. The van der Waals surface area contributed by atoms with E-state index in [1.807, 2.05) is 67.6 Å². The summed E-state index contributed by atoms with van der Waals surface area (Å²) in [5.41, 5.74) is 24.6. The Morgan fingerprint density at radius 1 is 0.446 bits per heavy atom. The van der Waals surface area contributed by atoms with Gasteiger partial charge in [0.05, 0.1) is 38.3 Å². The van der Waals surface area contributed by atoms with E-state index in [1.54, 1.807) is 6.92 Å². The molecule has 0 aliphatic carbocycles. The molecule has 65 heavy (non-hydrogen) atoms. The summed E-state index contributed by atoms with van der Waals surface area (Å²) in [4.78, 5) is 105. The number of hydrogen-bond acceptors (Lipinski definition) is 11. The molecule has 0 saturated carbocycles. The molecular weight excluding hydrogens is 831 g/mol. The van der Waals surface area contributed by atoms with Crippen molar-refractivity contribution >= 4 is 41.4 Å². The average Bonchev–Trinajstić information content (AvgIpc) is 3.30. The van der Waals surface area contributed by atoms with Gasteiger partial charge in [-0.15, -0.1) is 0 Å². The lowest BCUT2D eigenvalue weighted by Crippen LogP contribution is -2.52. The summed E-state index contributed by atoms with van der Waals surface area (Å²) >= 11 is 0. The van der Waals surface area contributed by atoms with Crippen LogP contribution in [0.2, 0.25) is 0 Å². The molecule has 0 fully saturated rings. The first-order valence-corrected chi connectivity index (χ1v) is 23.0. The molecule has 2 rings (SSSR count). The van der Waals surface area contributed by atoms with Crippen molar-refractivity contribution in [3.8, 4) is 0 Å². The first kappa shape index (κ1) is 55.7. The fraction of sp³-hybridized carbons (Fsp3) is 0.596. The second kappa shape index (κ2) is 31.4. The van der Waals surface area contributed by atoms with Gasteiger partial charge in [0.2, 0.25) is 41.4 Å². The second-order valence-corrected chi connectivity index (χ2v) is 16.3. The molecule has 0 aliphatic heterocycles. The SMILES string of the molecule is CNC(=O)CN(C(=O)CN(CCCCN)C(=O)CN(C(=O)CN(CCCCN)C(=O)CN(CCCCN)C(=O)CN(CCCCN)C(C)=O)[C@@H](C)c1ccccc1)[C@@H](C)c1ccccc1. The monoisotopic (exact) mass is 908 g/mol. The zero-order chi connectivity index (χ0) is 48.1. The van der Waals surface area contributed by atoms with Crippen LogP contribution in [0.5, 0.6) is 0 Å². The summed E-state index contributed by atoms with van der Waals surface area (Å²) in [7, 11) is 1.49. The van der Waals surface area contributed by atoms with Crippen LogP contribution in [0.1, 0.15) is 95.3 Å². The van der Waals surface area contributed by atoms with Gasteiger partial charge in [-0.3, -0.25) is 33.6 Å². The number of unbranched alkanes of at least 4 members (excludes halogenated alkanes) is 4. The zero-order valence-electron chi connectivity index (χ0n) is 39.3. The minimum Gasteiger partial charge on any atom is -0.358 e. The molecule has 2 atom stereocenters. The molecule has 18 heteroatoms. The summed E-state index contributed by atoms with van der Waals surface area (Å²) in [5.74, 6) is -3.02. The van der Waals surface area contributed by atoms with Crippen LogP contribution in [0, 0.1) is 0 Å². The van der Waals surface area contributed by atoms with Crippen molar-refractivity contribution in [2.45, 2.75) is 84.2 Å². The van der Waals surface area contributed by atoms with Gasteiger partial charge >= 0.3 is 0 Å². The van der Waals surface area contributed by atoms with E-state index in [1.165, 1.54) is 43.4 Å². The second-order valence-electron chi connectivity index (χ2n) is 16.3. The van der Waals surface area contributed by atoms with Gasteiger partial charge in [-0.25, -0.2) is 0 Å². The number of carbonyl (C=O) groups is 7. The van der Waals surface area contributed by atoms with Crippen LogP contribution < -0.4 is 28.3 Å². The highest BCUT2D eigenvalue weighted by atomic mass is 16.2. The van der Waals surface area contributed by atoms with E-state index in [4.69, 9.17) is 22.9 Å². The molecule has 362 valence electrons. The minimum absolute atomic E-state index is 0.160. The van der Waals surface area contributed by atoms with Crippen molar-refractivity contribution in [1.82, 2.24) is 34.7 Å². The van der Waals surface area contributed by atoms with E-state index in [9.17, 15) is 33.6 Å². The molecule has 0 spiro atoms. The number of benzene rings is 2. The standard InChI is InChI=1S/C47H77N11O7/c1-37(40-19-7-5-8-20-40)57(31-42(60)52-4)46(64)34-56(30-18-14-26-51)45(63)36-58(38(2)41-21-9-6-10-22-41)47(65)35-55(29-17-13-25-50)44(62)33-54(28-16-12-24-49)43(61)32-53(39(3)59)27-15-11-23-48/h5-10,19-22,37-38H,11-18,23-36,48-51H2,1-4H3,(H,52,60)/t37-,38-/m0/s1. The fourth-order valence-electron chi connectivity index (χ4n) is 7.23. The third-order valence-electron chi connectivity index (χ3n) is 11.4. The van der Waals surface area contributed by atoms with E-state index < -0.39 is 54.7 Å². The summed E-state index contributed by atoms with van der Waals surface area (Å²) in [6.07, 6.45) is 4.56. The number of nitrogens with one attached hydrogen (secondary N) is 1. The molecule has 0 aliphatic rings. The van der Waals surface area contributed by atoms with Crippen LogP contribution in [-0.2, 0) is 33.6 Å². The highest BCUT2D eigenvalue weighted by Crippen LogP contribution is 2.23. The topological polar surface area (TPSA) is 255 Å². The van der Waals surface area contributed by atoms with Crippen LogP contribution in [0.15, 0.2) is 60.7 Å². The van der Waals surface area contributed by atoms with Crippen molar-refractivity contribution in [3.05, 3.63) is 71.8 Å². The maximum absolute atomic E-state index is 14.7. The van der Waals surface area contributed by atoms with Crippen molar-refractivity contribution in [1.29, 1.82) is 0 Å². The Bertz CT molecular complexity index is 1750. The Morgan fingerprint density at radius 2 is 0.754 bits per heavy atom. The van der Waals surface area contributed by atoms with Crippen LogP contribution >= 0.6 is 0 Å². The first-order chi connectivity index (χ1) is 31.2. The molecule has 7 amide bonds. The van der Waals surface area contributed by atoms with E-state index in [2.05, 4.69) is 5.32 Å². The van der Waals surface area contributed by atoms with Gasteiger partial charge in [0.15, 0.2) is 0 Å². The Morgan fingerprint density at radius 3 is 1.09 bits per heavy atom. The average molecular weight is 908 g/mol. The number of nitrogens with zero attached hydrogens (tertiary/aromatic N) is 6. The summed E-state index contributed by atoms with van der Waals surface area (Å²) < 4.78 is 0. The smallest absolute Gasteiger partial charge is 0.243 e. The van der Waals surface area contributed by atoms with Gasteiger partial charge in [0.1, 0.15) is 13.1 Å². The van der Waals surface area contributed by atoms with E-state index in [0.29, 0.717) is 84.1 Å². The summed E-state index contributed by atoms with van der Waals surface area (Å²) in [6, 6.07) is 17.3. The van der Waals surface area contributed by atoms with E-state index in [0.717, 1.165) is 11.1 Å². The van der Waals surface area contributed by atoms with E-state index >= 15 is 0 Å². The van der Waals surface area contributed by atoms with Crippen LogP contribution in [0.3, 0.4) is 0 Å². The molecule has 0 heterocycles. The van der Waals surface area contributed by atoms with Crippen molar-refractivity contribution in [2.24, 2.45) is 22.9 Å². The molecule has 0 bridgehead atoms. The third-order valence-corrected chi connectivity index (χ3v) is 11.4. The Labute approximate surface area is 386 Å². The van der Waals surface area contributed by atoms with Crippen LogP contribution in [-0.4, -0.2) is 169 Å². The van der Waals surface area contributed by atoms with Crippen LogP contribution in [0.4, 0.5) is 0 Å². The quantitative estimate of drug-likeness (QED) is 0.0653. The molecule has 2 aromatic carbocycles. The van der Waals surface area contributed by atoms with Crippen LogP contribution in [0.25, 0.3) is 0 Å². The lowest BCUT2D eigenvalue weighted by Gasteiger charge is -2.35. The van der Waals surface area contributed by atoms with Gasteiger partial charge in [-0.05, 0) is 103 Å². The van der Waals surface area contributed by atoms with E-state index in [-0.39, 0.29) is 57.6 Å². The molecule has 2 aromatic rings. The minimum atomic E-state index is -0.635.